The first-order chi connectivity index (χ1) is 13.7. The van der Waals surface area contributed by atoms with E-state index in [0.29, 0.717) is 25.2 Å². The van der Waals surface area contributed by atoms with Crippen LogP contribution in [0, 0.1) is 0 Å². The molecular formula is C22H19N5O. The number of Topliss-reactive ketones (excluding diaryl/α,β-unsaturated/α-hetero) is 1. The molecule has 1 aliphatic heterocycles. The second-order valence-corrected chi connectivity index (χ2v) is 7.10. The molecule has 5 rings (SSSR count). The van der Waals surface area contributed by atoms with Crippen molar-refractivity contribution in [1.29, 1.82) is 0 Å². The van der Waals surface area contributed by atoms with E-state index in [-0.39, 0.29) is 5.78 Å². The van der Waals surface area contributed by atoms with Crippen LogP contribution in [0.3, 0.4) is 0 Å². The van der Waals surface area contributed by atoms with Crippen molar-refractivity contribution in [2.75, 3.05) is 11.9 Å². The molecule has 0 fully saturated rings. The van der Waals surface area contributed by atoms with Crippen molar-refractivity contribution in [3.05, 3.63) is 71.7 Å². The van der Waals surface area contributed by atoms with Gasteiger partial charge in [-0.25, -0.2) is 9.97 Å². The van der Waals surface area contributed by atoms with E-state index in [4.69, 9.17) is 4.98 Å². The van der Waals surface area contributed by atoms with Gasteiger partial charge in [-0.05, 0) is 35.4 Å². The van der Waals surface area contributed by atoms with Gasteiger partial charge in [0, 0.05) is 54.3 Å². The molecule has 4 aromatic rings. The van der Waals surface area contributed by atoms with Crippen molar-refractivity contribution in [2.24, 2.45) is 0 Å². The number of hydrogen-bond acceptors (Lipinski definition) is 5. The number of aromatic amines is 1. The summed E-state index contributed by atoms with van der Waals surface area (Å²) < 4.78 is 0. The second-order valence-electron chi connectivity index (χ2n) is 7.10. The number of carbonyl (C=O) groups is 1. The predicted molar refractivity (Wildman–Crippen MR) is 108 cm³/mol. The number of carbonyl (C=O) groups excluding carboxylic acids is 1. The van der Waals surface area contributed by atoms with Gasteiger partial charge in [-0.1, -0.05) is 18.2 Å². The Labute approximate surface area is 162 Å². The van der Waals surface area contributed by atoms with Crippen molar-refractivity contribution in [1.82, 2.24) is 20.2 Å². The summed E-state index contributed by atoms with van der Waals surface area (Å²) in [5.74, 6) is 0.967. The van der Waals surface area contributed by atoms with Crippen LogP contribution in [0.1, 0.15) is 23.2 Å². The van der Waals surface area contributed by atoms with E-state index in [1.165, 1.54) is 5.56 Å². The fourth-order valence-electron chi connectivity index (χ4n) is 3.62. The maximum Gasteiger partial charge on any atom is 0.159 e. The summed E-state index contributed by atoms with van der Waals surface area (Å²) in [5, 5.41) is 11.5. The summed E-state index contributed by atoms with van der Waals surface area (Å²) in [6.07, 6.45) is 5.42. The van der Waals surface area contributed by atoms with Gasteiger partial charge in [-0.3, -0.25) is 9.89 Å². The maximum absolute atomic E-state index is 11.8. The van der Waals surface area contributed by atoms with Crippen molar-refractivity contribution in [3.63, 3.8) is 0 Å². The number of nitrogens with zero attached hydrogens (tertiary/aromatic N) is 3. The Morgan fingerprint density at radius 3 is 3.00 bits per heavy atom. The standard InChI is InChI=1S/C22H19N5O/c28-19-6-8-23-21-12-16(3-2-15(21)11-19)22-24-7-5-18(26-22)10-14-1-4-20-17(9-14)13-25-27-20/h1-5,7,9,12-13,23H,6,8,10-11H2,(H,25,27). The molecule has 0 atom stereocenters. The third-order valence-corrected chi connectivity index (χ3v) is 5.08. The number of H-pyrrole nitrogens is 1. The minimum Gasteiger partial charge on any atom is -0.384 e. The molecule has 0 saturated heterocycles. The Bertz CT molecular complexity index is 1180. The van der Waals surface area contributed by atoms with Crippen LogP contribution in [0.15, 0.2) is 54.9 Å². The lowest BCUT2D eigenvalue weighted by Crippen LogP contribution is -2.03. The Morgan fingerprint density at radius 1 is 1.07 bits per heavy atom. The molecule has 138 valence electrons. The molecule has 2 aromatic heterocycles. The largest absolute Gasteiger partial charge is 0.384 e. The number of hydrogen-bond donors (Lipinski definition) is 2. The van der Waals surface area contributed by atoms with Gasteiger partial charge in [0.25, 0.3) is 0 Å². The molecule has 6 heteroatoms. The number of benzene rings is 2. The molecule has 0 aliphatic carbocycles. The Kier molecular flexibility index (Phi) is 4.09. The second kappa shape index (κ2) is 6.88. The number of anilines is 1. The molecule has 3 heterocycles. The molecular weight excluding hydrogens is 350 g/mol. The van der Waals surface area contributed by atoms with Crippen LogP contribution in [0.25, 0.3) is 22.3 Å². The SMILES string of the molecule is O=C1CCNc2cc(-c3nccc(Cc4ccc5[nH]ncc5c4)n3)ccc2C1. The lowest BCUT2D eigenvalue weighted by Gasteiger charge is -2.10. The van der Waals surface area contributed by atoms with E-state index in [1.54, 1.807) is 6.20 Å². The van der Waals surface area contributed by atoms with Crippen molar-refractivity contribution in [3.8, 4) is 11.4 Å². The van der Waals surface area contributed by atoms with Crippen LogP contribution in [0.4, 0.5) is 5.69 Å². The van der Waals surface area contributed by atoms with E-state index < -0.39 is 0 Å². The summed E-state index contributed by atoms with van der Waals surface area (Å²) in [6, 6.07) is 14.3. The Hall–Kier alpha value is -3.54. The average molecular weight is 369 g/mol. The van der Waals surface area contributed by atoms with Crippen molar-refractivity contribution < 1.29 is 4.79 Å². The van der Waals surface area contributed by atoms with E-state index in [0.717, 1.165) is 39.8 Å². The van der Waals surface area contributed by atoms with Gasteiger partial charge in [0.05, 0.1) is 11.7 Å². The van der Waals surface area contributed by atoms with Crippen LogP contribution in [0.5, 0.6) is 0 Å². The highest BCUT2D eigenvalue weighted by atomic mass is 16.1. The molecule has 0 saturated carbocycles. The zero-order chi connectivity index (χ0) is 18.9. The van der Waals surface area contributed by atoms with Gasteiger partial charge in [0.2, 0.25) is 0 Å². The van der Waals surface area contributed by atoms with Crippen LogP contribution in [-0.2, 0) is 17.6 Å². The summed E-state index contributed by atoms with van der Waals surface area (Å²) in [7, 11) is 0. The Balaban J connectivity index is 1.44. The van der Waals surface area contributed by atoms with E-state index in [9.17, 15) is 4.79 Å². The fraction of sp³-hybridized carbons (Fsp3) is 0.182. The lowest BCUT2D eigenvalue weighted by atomic mass is 10.0. The van der Waals surface area contributed by atoms with Crippen LogP contribution in [0.2, 0.25) is 0 Å². The van der Waals surface area contributed by atoms with E-state index >= 15 is 0 Å². The molecule has 28 heavy (non-hydrogen) atoms. The predicted octanol–water partition coefficient (Wildman–Crippen LogP) is 3.54. The highest BCUT2D eigenvalue weighted by molar-refractivity contribution is 5.85. The summed E-state index contributed by atoms with van der Waals surface area (Å²) >= 11 is 0. The number of aromatic nitrogens is 4. The highest BCUT2D eigenvalue weighted by Gasteiger charge is 2.14. The summed E-state index contributed by atoms with van der Waals surface area (Å²) in [5.41, 5.74) is 6.17. The molecule has 0 radical (unpaired) electrons. The first-order valence-electron chi connectivity index (χ1n) is 9.37. The average Bonchev–Trinajstić information content (AvgIpc) is 3.09. The third-order valence-electron chi connectivity index (χ3n) is 5.08. The van der Waals surface area contributed by atoms with Gasteiger partial charge < -0.3 is 5.32 Å². The van der Waals surface area contributed by atoms with Gasteiger partial charge >= 0.3 is 0 Å². The van der Waals surface area contributed by atoms with Crippen LogP contribution >= 0.6 is 0 Å². The van der Waals surface area contributed by atoms with Gasteiger partial charge in [0.1, 0.15) is 5.78 Å². The summed E-state index contributed by atoms with van der Waals surface area (Å²) in [4.78, 5) is 21.0. The molecule has 0 bridgehead atoms. The number of ketones is 1. The van der Waals surface area contributed by atoms with Gasteiger partial charge in [-0.15, -0.1) is 0 Å². The van der Waals surface area contributed by atoms with Crippen molar-refractivity contribution in [2.45, 2.75) is 19.3 Å². The monoisotopic (exact) mass is 369 g/mol. The minimum absolute atomic E-state index is 0.270. The lowest BCUT2D eigenvalue weighted by molar-refractivity contribution is -0.118. The highest BCUT2D eigenvalue weighted by Crippen LogP contribution is 2.26. The topological polar surface area (TPSA) is 83.6 Å². The molecule has 2 aromatic carbocycles. The molecule has 0 spiro atoms. The van der Waals surface area contributed by atoms with E-state index in [1.807, 2.05) is 36.5 Å². The van der Waals surface area contributed by atoms with Crippen LogP contribution in [-0.4, -0.2) is 32.5 Å². The van der Waals surface area contributed by atoms with Gasteiger partial charge in [-0.2, -0.15) is 5.10 Å². The third kappa shape index (κ3) is 3.24. The number of rotatable bonds is 3. The van der Waals surface area contributed by atoms with E-state index in [2.05, 4.69) is 32.6 Å². The van der Waals surface area contributed by atoms with Gasteiger partial charge in [0.15, 0.2) is 5.82 Å². The minimum atomic E-state index is 0.270. The quantitative estimate of drug-likeness (QED) is 0.577. The number of nitrogens with one attached hydrogen (secondary N) is 2. The first-order valence-corrected chi connectivity index (χ1v) is 9.37. The molecule has 0 amide bonds. The smallest absolute Gasteiger partial charge is 0.159 e. The molecule has 6 nitrogen and oxygen atoms in total. The molecule has 0 unspecified atom stereocenters. The fourth-order valence-corrected chi connectivity index (χ4v) is 3.62. The first kappa shape index (κ1) is 16.6. The summed E-state index contributed by atoms with van der Waals surface area (Å²) in [6.45, 7) is 0.673. The van der Waals surface area contributed by atoms with Crippen molar-refractivity contribution >= 4 is 22.4 Å². The Morgan fingerprint density at radius 2 is 2.04 bits per heavy atom. The number of fused-ring (bicyclic) bond motifs is 2. The normalized spacial score (nSPS) is 13.8. The van der Waals surface area contributed by atoms with Crippen LogP contribution < -0.4 is 5.32 Å². The zero-order valence-electron chi connectivity index (χ0n) is 15.3. The molecule has 2 N–H and O–H groups in total. The molecule has 1 aliphatic rings. The zero-order valence-corrected chi connectivity index (χ0v) is 15.3. The maximum atomic E-state index is 11.8.